The topological polar surface area (TPSA) is 61.1 Å². The second-order valence-electron chi connectivity index (χ2n) is 2.61. The van der Waals surface area contributed by atoms with E-state index in [1.54, 1.807) is 6.07 Å². The predicted molar refractivity (Wildman–Crippen MR) is 60.2 cm³/mol. The fourth-order valence-electron chi connectivity index (χ4n) is 0.972. The van der Waals surface area contributed by atoms with Crippen LogP contribution in [0, 0.1) is 14.9 Å². The molecule has 0 aliphatic carbocycles. The fraction of sp³-hybridized carbons (Fsp3) is 0.111. The van der Waals surface area contributed by atoms with Crippen LogP contribution in [0.4, 0.5) is 0 Å². The number of aliphatic carboxylic acids is 1. The highest BCUT2D eigenvalue weighted by atomic mass is 127. The first-order valence-corrected chi connectivity index (χ1v) is 5.10. The van der Waals surface area contributed by atoms with Crippen LogP contribution in [0.5, 0.6) is 0 Å². The third-order valence-corrected chi connectivity index (χ3v) is 2.92. The van der Waals surface area contributed by atoms with Crippen molar-refractivity contribution in [2.75, 3.05) is 0 Å². The van der Waals surface area contributed by atoms with Crippen LogP contribution in [-0.2, 0) is 11.2 Å². The van der Waals surface area contributed by atoms with Gasteiger partial charge >= 0.3 is 5.97 Å². The molecular weight excluding hydrogens is 316 g/mol. The number of nitriles is 1. The monoisotopic (exact) mass is 321 g/mol. The molecule has 0 atom stereocenters. The van der Waals surface area contributed by atoms with Crippen molar-refractivity contribution in [3.63, 3.8) is 0 Å². The van der Waals surface area contributed by atoms with Gasteiger partial charge in [0.1, 0.15) is 6.07 Å². The molecule has 1 aromatic rings. The lowest BCUT2D eigenvalue weighted by Gasteiger charge is -2.03. The average molecular weight is 322 g/mol. The van der Waals surface area contributed by atoms with Crippen molar-refractivity contribution in [1.82, 2.24) is 0 Å². The molecule has 0 heterocycles. The lowest BCUT2D eigenvalue weighted by atomic mass is 10.1. The van der Waals surface area contributed by atoms with Crippen LogP contribution in [0.3, 0.4) is 0 Å². The van der Waals surface area contributed by atoms with Gasteiger partial charge in [-0.05, 0) is 40.3 Å². The highest BCUT2D eigenvalue weighted by Crippen LogP contribution is 2.22. The van der Waals surface area contributed by atoms with Gasteiger partial charge in [-0.15, -0.1) is 0 Å². The van der Waals surface area contributed by atoms with E-state index in [1.807, 2.05) is 28.7 Å². The second kappa shape index (κ2) is 4.62. The lowest BCUT2D eigenvalue weighted by molar-refractivity contribution is -0.136. The quantitative estimate of drug-likeness (QED) is 0.851. The van der Waals surface area contributed by atoms with Gasteiger partial charge in [-0.25, -0.2) is 0 Å². The first-order valence-electron chi connectivity index (χ1n) is 3.64. The number of nitrogens with zero attached hydrogens (tertiary/aromatic N) is 1. The third kappa shape index (κ3) is 2.59. The van der Waals surface area contributed by atoms with Gasteiger partial charge in [0.25, 0.3) is 0 Å². The zero-order valence-corrected chi connectivity index (χ0v) is 9.83. The molecular formula is C9H5ClINO2. The summed E-state index contributed by atoms with van der Waals surface area (Å²) in [7, 11) is 0. The third-order valence-electron chi connectivity index (χ3n) is 1.60. The summed E-state index contributed by atoms with van der Waals surface area (Å²) in [6.45, 7) is 0. The van der Waals surface area contributed by atoms with E-state index in [2.05, 4.69) is 0 Å². The van der Waals surface area contributed by atoms with Gasteiger partial charge in [-0.3, -0.25) is 4.79 Å². The predicted octanol–water partition coefficient (Wildman–Crippen LogP) is 2.44. The van der Waals surface area contributed by atoms with Gasteiger partial charge in [-0.2, -0.15) is 5.26 Å². The number of carboxylic acids is 1. The summed E-state index contributed by atoms with van der Waals surface area (Å²) in [6, 6.07) is 5.04. The molecule has 0 bridgehead atoms. The maximum Gasteiger partial charge on any atom is 0.307 e. The van der Waals surface area contributed by atoms with E-state index in [0.717, 1.165) is 3.57 Å². The number of carboxylic acid groups (broad SMARTS) is 1. The molecule has 0 radical (unpaired) electrons. The van der Waals surface area contributed by atoms with Crippen LogP contribution in [0.1, 0.15) is 11.1 Å². The van der Waals surface area contributed by atoms with E-state index in [0.29, 0.717) is 16.1 Å². The summed E-state index contributed by atoms with van der Waals surface area (Å²) < 4.78 is 0.742. The molecule has 1 rings (SSSR count). The highest BCUT2D eigenvalue weighted by Gasteiger charge is 2.09. The van der Waals surface area contributed by atoms with Crippen LogP contribution >= 0.6 is 34.2 Å². The molecule has 1 N–H and O–H groups in total. The number of hydrogen-bond donors (Lipinski definition) is 1. The molecule has 14 heavy (non-hydrogen) atoms. The van der Waals surface area contributed by atoms with E-state index < -0.39 is 5.97 Å². The Morgan fingerprint density at radius 1 is 1.64 bits per heavy atom. The second-order valence-corrected chi connectivity index (χ2v) is 4.18. The van der Waals surface area contributed by atoms with Crippen molar-refractivity contribution in [3.8, 4) is 6.07 Å². The standard InChI is InChI=1S/C9H5ClINO2/c10-7-1-5(3-9(13)14)8(11)2-6(7)4-12/h1-2H,3H2,(H,13,14). The number of benzene rings is 1. The number of rotatable bonds is 2. The van der Waals surface area contributed by atoms with Crippen LogP contribution < -0.4 is 0 Å². The Kier molecular flexibility index (Phi) is 3.72. The summed E-state index contributed by atoms with van der Waals surface area (Å²) in [6.07, 6.45) is -0.0797. The summed E-state index contributed by atoms with van der Waals surface area (Å²) in [5.41, 5.74) is 0.993. The molecule has 0 spiro atoms. The van der Waals surface area contributed by atoms with E-state index in [1.165, 1.54) is 6.07 Å². The molecule has 0 aliphatic heterocycles. The Morgan fingerprint density at radius 3 is 2.79 bits per heavy atom. The fourth-order valence-corrected chi connectivity index (χ4v) is 1.86. The van der Waals surface area contributed by atoms with E-state index in [9.17, 15) is 4.79 Å². The summed E-state index contributed by atoms with van der Waals surface area (Å²) in [5.74, 6) is -0.913. The Balaban J connectivity index is 3.16. The first-order chi connectivity index (χ1) is 6.54. The first kappa shape index (κ1) is 11.3. The van der Waals surface area contributed by atoms with E-state index >= 15 is 0 Å². The number of hydrogen-bond acceptors (Lipinski definition) is 2. The van der Waals surface area contributed by atoms with Crippen LogP contribution in [0.15, 0.2) is 12.1 Å². The average Bonchev–Trinajstić information content (AvgIpc) is 2.10. The molecule has 3 nitrogen and oxygen atoms in total. The minimum atomic E-state index is -0.913. The van der Waals surface area contributed by atoms with Gasteiger partial charge < -0.3 is 5.11 Å². The number of halogens is 2. The molecule has 0 fully saturated rings. The van der Waals surface area contributed by atoms with Crippen LogP contribution in [-0.4, -0.2) is 11.1 Å². The minimum Gasteiger partial charge on any atom is -0.481 e. The maximum absolute atomic E-state index is 10.5. The van der Waals surface area contributed by atoms with E-state index in [-0.39, 0.29) is 6.42 Å². The Bertz CT molecular complexity index is 426. The van der Waals surface area contributed by atoms with Gasteiger partial charge in [0.2, 0.25) is 0 Å². The smallest absolute Gasteiger partial charge is 0.307 e. The molecule has 5 heteroatoms. The largest absolute Gasteiger partial charge is 0.481 e. The zero-order chi connectivity index (χ0) is 10.7. The normalized spacial score (nSPS) is 9.50. The van der Waals surface area contributed by atoms with Gasteiger partial charge in [0.15, 0.2) is 0 Å². The van der Waals surface area contributed by atoms with Gasteiger partial charge in [-0.1, -0.05) is 11.6 Å². The van der Waals surface area contributed by atoms with Crippen molar-refractivity contribution >= 4 is 40.2 Å². The minimum absolute atomic E-state index is 0.0797. The van der Waals surface area contributed by atoms with Crippen molar-refractivity contribution in [1.29, 1.82) is 5.26 Å². The molecule has 0 amide bonds. The van der Waals surface area contributed by atoms with E-state index in [4.69, 9.17) is 22.0 Å². The molecule has 0 aliphatic rings. The van der Waals surface area contributed by atoms with Crippen LogP contribution in [0.25, 0.3) is 0 Å². The number of carbonyl (C=O) groups is 1. The molecule has 0 aromatic heterocycles. The molecule has 72 valence electrons. The summed E-state index contributed by atoms with van der Waals surface area (Å²) >= 11 is 7.75. The molecule has 0 saturated heterocycles. The molecule has 0 unspecified atom stereocenters. The van der Waals surface area contributed by atoms with Crippen molar-refractivity contribution < 1.29 is 9.90 Å². The summed E-state index contributed by atoms with van der Waals surface area (Å²) in [4.78, 5) is 10.5. The highest BCUT2D eigenvalue weighted by molar-refractivity contribution is 14.1. The maximum atomic E-state index is 10.5. The Labute approximate surface area is 99.4 Å². The summed E-state index contributed by atoms with van der Waals surface area (Å²) in [5, 5.41) is 17.6. The SMILES string of the molecule is N#Cc1cc(I)c(CC(=O)O)cc1Cl. The van der Waals surface area contributed by atoms with Crippen molar-refractivity contribution in [3.05, 3.63) is 31.9 Å². The lowest BCUT2D eigenvalue weighted by Crippen LogP contribution is -2.02. The molecule has 1 aromatic carbocycles. The molecule has 0 saturated carbocycles. The van der Waals surface area contributed by atoms with Gasteiger partial charge in [0.05, 0.1) is 17.0 Å². The Morgan fingerprint density at radius 2 is 2.29 bits per heavy atom. The zero-order valence-electron chi connectivity index (χ0n) is 6.92. The van der Waals surface area contributed by atoms with Crippen LogP contribution in [0.2, 0.25) is 5.02 Å². The van der Waals surface area contributed by atoms with Crippen molar-refractivity contribution in [2.24, 2.45) is 0 Å². The van der Waals surface area contributed by atoms with Gasteiger partial charge in [0, 0.05) is 3.57 Å². The van der Waals surface area contributed by atoms with Crippen molar-refractivity contribution in [2.45, 2.75) is 6.42 Å². The Hall–Kier alpha value is -0.800.